The molecule has 1 saturated carbocycles. The highest BCUT2D eigenvalue weighted by atomic mass is 16.5. The first-order valence-corrected chi connectivity index (χ1v) is 15.9. The first-order chi connectivity index (χ1) is 20.1. The summed E-state index contributed by atoms with van der Waals surface area (Å²) in [5.41, 5.74) is 3.74. The molecule has 41 heavy (non-hydrogen) atoms. The van der Waals surface area contributed by atoms with Crippen molar-refractivity contribution in [3.8, 4) is 0 Å². The molecule has 2 saturated heterocycles. The molecule has 1 aliphatic carbocycles. The highest BCUT2D eigenvalue weighted by Crippen LogP contribution is 2.31. The minimum absolute atomic E-state index is 0.0447. The van der Waals surface area contributed by atoms with Crippen LogP contribution < -0.4 is 15.5 Å². The average molecular weight is 561 g/mol. The molecule has 0 spiro atoms. The second kappa shape index (κ2) is 15.4. The van der Waals surface area contributed by atoms with Crippen LogP contribution >= 0.6 is 0 Å². The van der Waals surface area contributed by atoms with Crippen LogP contribution in [0.25, 0.3) is 0 Å². The van der Waals surface area contributed by atoms with E-state index in [9.17, 15) is 9.59 Å². The fourth-order valence-corrected chi connectivity index (χ4v) is 6.68. The van der Waals surface area contributed by atoms with E-state index in [1.807, 2.05) is 18.2 Å². The molecule has 3 fully saturated rings. The van der Waals surface area contributed by atoms with Crippen molar-refractivity contribution in [2.45, 2.75) is 64.2 Å². The van der Waals surface area contributed by atoms with E-state index in [2.05, 4.69) is 50.8 Å². The van der Waals surface area contributed by atoms with Gasteiger partial charge in [0.15, 0.2) is 0 Å². The molecule has 0 radical (unpaired) electrons. The number of hydrogen-bond acceptors (Lipinski definition) is 5. The first kappa shape index (κ1) is 29.6. The molecule has 0 unspecified atom stereocenters. The number of carbonyl (C=O) groups excluding carboxylic acids is 2. The number of amides is 2. The molecule has 2 aromatic rings. The van der Waals surface area contributed by atoms with Crippen molar-refractivity contribution in [2.75, 3.05) is 62.7 Å². The zero-order chi connectivity index (χ0) is 28.3. The summed E-state index contributed by atoms with van der Waals surface area (Å²) in [5, 5.41) is 6.25. The molecular weight excluding hydrogens is 512 g/mol. The zero-order valence-corrected chi connectivity index (χ0v) is 24.6. The SMILES string of the molecule is O=C(CCC1CCCC1)Nc1ccc(N2CCC(Cc3ccccc3)CC2)c(C(=O)NCCCN2CCOCC2)c1. The number of piperidine rings is 1. The van der Waals surface area contributed by atoms with Crippen LogP contribution in [0.3, 0.4) is 0 Å². The summed E-state index contributed by atoms with van der Waals surface area (Å²) in [6, 6.07) is 16.6. The molecule has 222 valence electrons. The van der Waals surface area contributed by atoms with Crippen LogP contribution in [0.15, 0.2) is 48.5 Å². The van der Waals surface area contributed by atoms with E-state index >= 15 is 0 Å². The lowest BCUT2D eigenvalue weighted by Crippen LogP contribution is -2.38. The predicted molar refractivity (Wildman–Crippen MR) is 166 cm³/mol. The van der Waals surface area contributed by atoms with Crippen molar-refractivity contribution in [3.05, 3.63) is 59.7 Å². The maximum atomic E-state index is 13.5. The number of morpholine rings is 1. The molecular formula is C34H48N4O3. The van der Waals surface area contributed by atoms with E-state index in [1.54, 1.807) is 0 Å². The normalized spacial score (nSPS) is 18.9. The van der Waals surface area contributed by atoms with Gasteiger partial charge in [-0.05, 0) is 74.2 Å². The van der Waals surface area contributed by atoms with Gasteiger partial charge in [0.1, 0.15) is 0 Å². The lowest BCUT2D eigenvalue weighted by molar-refractivity contribution is -0.116. The molecule has 2 heterocycles. The average Bonchev–Trinajstić information content (AvgIpc) is 3.54. The van der Waals surface area contributed by atoms with Gasteiger partial charge >= 0.3 is 0 Å². The van der Waals surface area contributed by atoms with E-state index < -0.39 is 0 Å². The lowest BCUT2D eigenvalue weighted by atomic mass is 9.89. The molecule has 2 aliphatic heterocycles. The first-order valence-electron chi connectivity index (χ1n) is 15.9. The number of nitrogens with zero attached hydrogens (tertiary/aromatic N) is 2. The number of hydrogen-bond donors (Lipinski definition) is 2. The second-order valence-corrected chi connectivity index (χ2v) is 12.2. The van der Waals surface area contributed by atoms with Crippen LogP contribution in [-0.2, 0) is 16.0 Å². The molecule has 5 rings (SSSR count). The maximum absolute atomic E-state index is 13.5. The standard InChI is InChI=1S/C34H48N4O3/c39-33(14-11-27-7-4-5-8-27)36-30-12-13-32(38-19-15-29(16-20-38)25-28-9-2-1-3-10-28)31(26-30)34(40)35-17-6-18-37-21-23-41-24-22-37/h1-3,9-10,12-13,26-27,29H,4-8,11,14-25H2,(H,35,40)(H,36,39). The largest absolute Gasteiger partial charge is 0.379 e. The van der Waals surface area contributed by atoms with Gasteiger partial charge in [0.2, 0.25) is 5.91 Å². The minimum atomic E-state index is -0.0598. The van der Waals surface area contributed by atoms with Crippen molar-refractivity contribution in [1.82, 2.24) is 10.2 Å². The van der Waals surface area contributed by atoms with E-state index in [0.717, 1.165) is 83.7 Å². The van der Waals surface area contributed by atoms with E-state index in [4.69, 9.17) is 4.74 Å². The van der Waals surface area contributed by atoms with Crippen molar-refractivity contribution in [3.63, 3.8) is 0 Å². The van der Waals surface area contributed by atoms with Crippen LogP contribution in [0, 0.1) is 11.8 Å². The Balaban J connectivity index is 1.20. The van der Waals surface area contributed by atoms with Crippen LogP contribution in [0.5, 0.6) is 0 Å². The number of nitrogens with one attached hydrogen (secondary N) is 2. The minimum Gasteiger partial charge on any atom is -0.379 e. The Labute approximate surface area is 246 Å². The maximum Gasteiger partial charge on any atom is 0.253 e. The third kappa shape index (κ3) is 9.04. The Morgan fingerprint density at radius 3 is 2.39 bits per heavy atom. The third-order valence-electron chi connectivity index (χ3n) is 9.14. The molecule has 2 N–H and O–H groups in total. The molecule has 0 aromatic heterocycles. The van der Waals surface area contributed by atoms with Crippen LogP contribution in [0.4, 0.5) is 11.4 Å². The zero-order valence-electron chi connectivity index (χ0n) is 24.6. The second-order valence-electron chi connectivity index (χ2n) is 12.2. The summed E-state index contributed by atoms with van der Waals surface area (Å²) >= 11 is 0. The van der Waals surface area contributed by atoms with Crippen molar-refractivity contribution < 1.29 is 14.3 Å². The Kier molecular flexibility index (Phi) is 11.1. The summed E-state index contributed by atoms with van der Waals surface area (Å²) in [6.07, 6.45) is 10.8. The fourth-order valence-electron chi connectivity index (χ4n) is 6.68. The Hall–Kier alpha value is -2.90. The lowest BCUT2D eigenvalue weighted by Gasteiger charge is -2.35. The van der Waals surface area contributed by atoms with Gasteiger partial charge in [-0.1, -0.05) is 56.0 Å². The third-order valence-corrected chi connectivity index (χ3v) is 9.14. The number of carbonyl (C=O) groups is 2. The van der Waals surface area contributed by atoms with Gasteiger partial charge in [-0.25, -0.2) is 0 Å². The molecule has 2 amide bonds. The van der Waals surface area contributed by atoms with Gasteiger partial charge in [0, 0.05) is 50.5 Å². The van der Waals surface area contributed by atoms with Crippen LogP contribution in [0.1, 0.15) is 73.7 Å². The smallest absolute Gasteiger partial charge is 0.253 e. The molecule has 3 aliphatic rings. The fraction of sp³-hybridized carbons (Fsp3) is 0.588. The molecule has 2 aromatic carbocycles. The highest BCUT2D eigenvalue weighted by molar-refractivity contribution is 6.02. The number of rotatable bonds is 12. The summed E-state index contributed by atoms with van der Waals surface area (Å²) in [5.74, 6) is 1.33. The van der Waals surface area contributed by atoms with Crippen molar-refractivity contribution in [2.24, 2.45) is 11.8 Å². The van der Waals surface area contributed by atoms with Crippen molar-refractivity contribution in [1.29, 1.82) is 0 Å². The van der Waals surface area contributed by atoms with Gasteiger partial charge in [-0.2, -0.15) is 0 Å². The number of anilines is 2. The van der Waals surface area contributed by atoms with E-state index in [0.29, 0.717) is 36.1 Å². The number of ether oxygens (including phenoxy) is 1. The summed E-state index contributed by atoms with van der Waals surface area (Å²) < 4.78 is 5.44. The van der Waals surface area contributed by atoms with Crippen LogP contribution in [-0.4, -0.2) is 69.2 Å². The number of benzene rings is 2. The van der Waals surface area contributed by atoms with Gasteiger partial charge in [0.05, 0.1) is 18.8 Å². The van der Waals surface area contributed by atoms with Crippen LogP contribution in [0.2, 0.25) is 0 Å². The molecule has 0 bridgehead atoms. The highest BCUT2D eigenvalue weighted by Gasteiger charge is 2.24. The van der Waals surface area contributed by atoms with Gasteiger partial charge in [-0.15, -0.1) is 0 Å². The monoisotopic (exact) mass is 560 g/mol. The quantitative estimate of drug-likeness (QED) is 0.335. The Bertz CT molecular complexity index is 1100. The molecule has 7 nitrogen and oxygen atoms in total. The van der Waals surface area contributed by atoms with Gasteiger partial charge in [-0.3, -0.25) is 14.5 Å². The van der Waals surface area contributed by atoms with E-state index in [1.165, 1.54) is 31.2 Å². The van der Waals surface area contributed by atoms with Gasteiger partial charge in [0.25, 0.3) is 5.91 Å². The topological polar surface area (TPSA) is 73.9 Å². The Morgan fingerprint density at radius 1 is 0.878 bits per heavy atom. The van der Waals surface area contributed by atoms with Gasteiger partial charge < -0.3 is 20.3 Å². The Morgan fingerprint density at radius 2 is 1.63 bits per heavy atom. The molecule has 7 heteroatoms. The summed E-state index contributed by atoms with van der Waals surface area (Å²) in [6.45, 7) is 6.95. The summed E-state index contributed by atoms with van der Waals surface area (Å²) in [7, 11) is 0. The van der Waals surface area contributed by atoms with E-state index in [-0.39, 0.29) is 11.8 Å². The molecule has 0 atom stereocenters. The van der Waals surface area contributed by atoms with Crippen molar-refractivity contribution >= 4 is 23.2 Å². The summed E-state index contributed by atoms with van der Waals surface area (Å²) in [4.78, 5) is 31.0. The predicted octanol–water partition coefficient (Wildman–Crippen LogP) is 5.51.